The number of rotatable bonds is 5. The fraction of sp³-hybridized carbons (Fsp3) is 0.357. The minimum Gasteiger partial charge on any atom is -0.461 e. The molecule has 5 rings (SSSR count). The molecule has 1 fully saturated rings. The van der Waals surface area contributed by atoms with Gasteiger partial charge in [0.25, 0.3) is 0 Å². The van der Waals surface area contributed by atoms with Crippen molar-refractivity contribution in [2.24, 2.45) is 0 Å². The molecule has 1 atom stereocenters. The van der Waals surface area contributed by atoms with Crippen molar-refractivity contribution in [1.29, 1.82) is 0 Å². The Kier molecular flexibility index (Phi) is 9.53. The van der Waals surface area contributed by atoms with E-state index in [9.17, 15) is 4.79 Å². The highest BCUT2D eigenvalue weighted by Crippen LogP contribution is 2.32. The molecule has 0 saturated carbocycles. The molecule has 1 aliphatic rings. The lowest BCUT2D eigenvalue weighted by molar-refractivity contribution is -0.142. The summed E-state index contributed by atoms with van der Waals surface area (Å²) in [6, 6.07) is 15.5. The molecule has 2 N–H and O–H groups in total. The van der Waals surface area contributed by atoms with Crippen molar-refractivity contribution in [3.05, 3.63) is 66.0 Å². The van der Waals surface area contributed by atoms with E-state index in [4.69, 9.17) is 25.2 Å². The second kappa shape index (κ2) is 12.8. The number of carbonyl (C=O) groups excluding carboxylic acids is 1. The zero-order chi connectivity index (χ0) is 26.1. The minimum absolute atomic E-state index is 0.229. The smallest absolute Gasteiger partial charge is 0.302 e. The van der Waals surface area contributed by atoms with Crippen molar-refractivity contribution >= 4 is 23.0 Å². The van der Waals surface area contributed by atoms with Gasteiger partial charge in [-0.25, -0.2) is 15.0 Å². The van der Waals surface area contributed by atoms with Gasteiger partial charge in [0.15, 0.2) is 11.5 Å². The summed E-state index contributed by atoms with van der Waals surface area (Å²) in [5, 5.41) is 0. The standard InChI is InChI=1S/C24H23N5O3.2C2H6/c1-15(30)32-13-16-4-6-18(7-5-16)29-23(19-3-2-11-26-22(19)25)28-21-9-8-20(27-24(21)29)17-10-12-31-14-17;2*1-2/h2-9,11,17H,10,12-14H2,1H3,(H2,25,26);2*1-2H3. The van der Waals surface area contributed by atoms with Gasteiger partial charge in [0.2, 0.25) is 0 Å². The van der Waals surface area contributed by atoms with Gasteiger partial charge in [-0.2, -0.15) is 0 Å². The predicted octanol–water partition coefficient (Wildman–Crippen LogP) is 5.68. The molecule has 0 radical (unpaired) electrons. The van der Waals surface area contributed by atoms with Crippen molar-refractivity contribution < 1.29 is 14.3 Å². The van der Waals surface area contributed by atoms with Gasteiger partial charge >= 0.3 is 5.97 Å². The van der Waals surface area contributed by atoms with E-state index >= 15 is 0 Å². The Hall–Kier alpha value is -3.78. The molecule has 1 aliphatic heterocycles. The Morgan fingerprint density at radius 2 is 1.83 bits per heavy atom. The molecule has 4 heterocycles. The van der Waals surface area contributed by atoms with Gasteiger partial charge in [-0.15, -0.1) is 0 Å². The SMILES string of the molecule is CC.CC.CC(=O)OCc1ccc(-n2c(-c3cccnc3N)nc3ccc(C4CCOC4)nc32)cc1. The predicted molar refractivity (Wildman–Crippen MR) is 143 cm³/mol. The molecular formula is C28H35N5O3. The van der Waals surface area contributed by atoms with Crippen LogP contribution in [0.1, 0.15) is 58.2 Å². The number of nitrogens with two attached hydrogens (primary N) is 1. The highest BCUT2D eigenvalue weighted by Gasteiger charge is 2.22. The Morgan fingerprint density at radius 1 is 1.08 bits per heavy atom. The summed E-state index contributed by atoms with van der Waals surface area (Å²) in [7, 11) is 0. The van der Waals surface area contributed by atoms with Crippen LogP contribution in [0.25, 0.3) is 28.2 Å². The Bertz CT molecular complexity index is 1280. The molecule has 0 amide bonds. The van der Waals surface area contributed by atoms with Crippen LogP contribution in [-0.4, -0.2) is 38.7 Å². The summed E-state index contributed by atoms with van der Waals surface area (Å²) in [4.78, 5) is 25.2. The van der Waals surface area contributed by atoms with Crippen molar-refractivity contribution in [1.82, 2.24) is 19.5 Å². The molecule has 190 valence electrons. The van der Waals surface area contributed by atoms with Crippen molar-refractivity contribution in [3.8, 4) is 17.1 Å². The van der Waals surface area contributed by atoms with E-state index < -0.39 is 0 Å². The van der Waals surface area contributed by atoms with Crippen molar-refractivity contribution in [2.45, 2.75) is 53.6 Å². The summed E-state index contributed by atoms with van der Waals surface area (Å²) in [6.07, 6.45) is 2.62. The van der Waals surface area contributed by atoms with Crippen molar-refractivity contribution in [2.75, 3.05) is 18.9 Å². The van der Waals surface area contributed by atoms with Gasteiger partial charge in [0.1, 0.15) is 17.9 Å². The first-order valence-corrected chi connectivity index (χ1v) is 12.5. The first kappa shape index (κ1) is 26.8. The number of carbonyl (C=O) groups is 1. The minimum atomic E-state index is -0.309. The number of imidazole rings is 1. The maximum atomic E-state index is 11.1. The van der Waals surface area contributed by atoms with Crippen molar-refractivity contribution in [3.63, 3.8) is 0 Å². The topological polar surface area (TPSA) is 105 Å². The second-order valence-corrected chi connectivity index (χ2v) is 7.79. The Morgan fingerprint density at radius 3 is 2.47 bits per heavy atom. The molecule has 8 nitrogen and oxygen atoms in total. The quantitative estimate of drug-likeness (QED) is 0.359. The van der Waals surface area contributed by atoms with E-state index in [0.29, 0.717) is 18.2 Å². The summed E-state index contributed by atoms with van der Waals surface area (Å²) in [6.45, 7) is 11.1. The van der Waals surface area contributed by atoms with Crippen LogP contribution in [0.5, 0.6) is 0 Å². The molecule has 36 heavy (non-hydrogen) atoms. The number of ether oxygens (including phenoxy) is 2. The zero-order valence-electron chi connectivity index (χ0n) is 21.7. The number of esters is 1. The molecule has 0 bridgehead atoms. The van der Waals surface area contributed by atoms with Crippen LogP contribution >= 0.6 is 0 Å². The average molecular weight is 490 g/mol. The third kappa shape index (κ3) is 5.88. The molecule has 3 aromatic heterocycles. The van der Waals surface area contributed by atoms with Crippen LogP contribution in [0.2, 0.25) is 0 Å². The van der Waals surface area contributed by atoms with E-state index in [-0.39, 0.29) is 18.5 Å². The largest absolute Gasteiger partial charge is 0.461 e. The van der Waals surface area contributed by atoms with Crippen LogP contribution in [0.3, 0.4) is 0 Å². The van der Waals surface area contributed by atoms with Crippen LogP contribution in [0.4, 0.5) is 5.82 Å². The second-order valence-electron chi connectivity index (χ2n) is 7.79. The number of hydrogen-bond donors (Lipinski definition) is 1. The zero-order valence-corrected chi connectivity index (χ0v) is 21.7. The first-order valence-electron chi connectivity index (χ1n) is 12.5. The Balaban J connectivity index is 0.000000861. The lowest BCUT2D eigenvalue weighted by Crippen LogP contribution is -2.05. The molecule has 1 saturated heterocycles. The lowest BCUT2D eigenvalue weighted by atomic mass is 10.0. The van der Waals surface area contributed by atoms with Crippen LogP contribution in [0, 0.1) is 0 Å². The molecule has 4 aromatic rings. The summed E-state index contributed by atoms with van der Waals surface area (Å²) >= 11 is 0. The third-order valence-corrected chi connectivity index (χ3v) is 5.59. The highest BCUT2D eigenvalue weighted by molar-refractivity contribution is 5.83. The Labute approximate surface area is 212 Å². The number of anilines is 1. The first-order chi connectivity index (χ1) is 17.6. The maximum Gasteiger partial charge on any atom is 0.302 e. The normalized spacial score (nSPS) is 14.4. The summed E-state index contributed by atoms with van der Waals surface area (Å²) in [5.74, 6) is 1.04. The molecular weight excluding hydrogens is 454 g/mol. The lowest BCUT2D eigenvalue weighted by Gasteiger charge is -2.12. The van der Waals surface area contributed by atoms with E-state index in [1.165, 1.54) is 6.92 Å². The van der Waals surface area contributed by atoms with E-state index in [0.717, 1.165) is 46.7 Å². The van der Waals surface area contributed by atoms with E-state index in [1.54, 1.807) is 6.20 Å². The monoisotopic (exact) mass is 489 g/mol. The number of nitrogens with zero attached hydrogens (tertiary/aromatic N) is 4. The van der Waals surface area contributed by atoms with E-state index in [1.807, 2.05) is 80.8 Å². The average Bonchev–Trinajstić information content (AvgIpc) is 3.58. The fourth-order valence-electron chi connectivity index (χ4n) is 3.93. The summed E-state index contributed by atoms with van der Waals surface area (Å²) < 4.78 is 12.7. The summed E-state index contributed by atoms with van der Waals surface area (Å²) in [5.41, 5.74) is 11.2. The molecule has 1 aromatic carbocycles. The third-order valence-electron chi connectivity index (χ3n) is 5.59. The number of fused-ring (bicyclic) bond motifs is 1. The maximum absolute atomic E-state index is 11.1. The number of hydrogen-bond acceptors (Lipinski definition) is 7. The molecule has 1 unspecified atom stereocenters. The van der Waals surface area contributed by atoms with Gasteiger partial charge in [-0.1, -0.05) is 39.8 Å². The van der Waals surface area contributed by atoms with Gasteiger partial charge in [0.05, 0.1) is 12.2 Å². The van der Waals surface area contributed by atoms with Crippen LogP contribution in [0.15, 0.2) is 54.7 Å². The van der Waals surface area contributed by atoms with Crippen LogP contribution < -0.4 is 5.73 Å². The van der Waals surface area contributed by atoms with E-state index in [2.05, 4.69) is 4.98 Å². The number of benzene rings is 1. The van der Waals surface area contributed by atoms with Gasteiger partial charge in [-0.3, -0.25) is 9.36 Å². The molecule has 0 aliphatic carbocycles. The number of aromatic nitrogens is 4. The van der Waals surface area contributed by atoms with Gasteiger partial charge in [-0.05, 0) is 48.4 Å². The van der Waals surface area contributed by atoms with Gasteiger partial charge in [0, 0.05) is 37.0 Å². The number of nitrogen functional groups attached to an aromatic ring is 1. The highest BCUT2D eigenvalue weighted by atomic mass is 16.5. The molecule has 0 spiro atoms. The number of pyridine rings is 2. The van der Waals surface area contributed by atoms with Crippen LogP contribution in [-0.2, 0) is 20.9 Å². The fourth-order valence-corrected chi connectivity index (χ4v) is 3.93. The molecule has 8 heteroatoms. The van der Waals surface area contributed by atoms with Gasteiger partial charge < -0.3 is 15.2 Å².